The van der Waals surface area contributed by atoms with Crippen molar-refractivity contribution in [2.45, 2.75) is 88.6 Å². The topological polar surface area (TPSA) is 15.3 Å². The Bertz CT molecular complexity index is 341. The lowest BCUT2D eigenvalue weighted by Crippen LogP contribution is -2.58. The first-order valence-corrected chi connectivity index (χ1v) is 9.84. The molecule has 4 rings (SSSR count). The lowest BCUT2D eigenvalue weighted by molar-refractivity contribution is 0.0298. The van der Waals surface area contributed by atoms with E-state index in [0.717, 1.165) is 17.9 Å². The van der Waals surface area contributed by atoms with Crippen LogP contribution in [0.15, 0.2) is 0 Å². The number of hydrogen-bond acceptors (Lipinski definition) is 2. The normalized spacial score (nSPS) is 39.7. The summed E-state index contributed by atoms with van der Waals surface area (Å²) in [6, 6.07) is 0.868. The van der Waals surface area contributed by atoms with Crippen molar-refractivity contribution in [2.24, 2.45) is 11.8 Å². The smallest absolute Gasteiger partial charge is 0.0334 e. The highest BCUT2D eigenvalue weighted by atomic mass is 15.2. The van der Waals surface area contributed by atoms with Gasteiger partial charge in [-0.15, -0.1) is 0 Å². The molecule has 1 aliphatic heterocycles. The highest BCUT2D eigenvalue weighted by Crippen LogP contribution is 2.45. The Hall–Kier alpha value is -0.0800. The van der Waals surface area contributed by atoms with E-state index >= 15 is 0 Å². The Morgan fingerprint density at radius 2 is 1.62 bits per heavy atom. The SMILES string of the molecule is C1CCN(C2(CNC3CC4CCC3C4)CCCCC2)CC1. The number of nitrogens with zero attached hydrogens (tertiary/aromatic N) is 1. The van der Waals surface area contributed by atoms with E-state index in [1.54, 1.807) is 0 Å². The number of rotatable bonds is 4. The zero-order chi connectivity index (χ0) is 14.1. The molecule has 3 saturated carbocycles. The van der Waals surface area contributed by atoms with Crippen LogP contribution < -0.4 is 5.32 Å². The largest absolute Gasteiger partial charge is 0.312 e. The van der Waals surface area contributed by atoms with Crippen LogP contribution in [-0.4, -0.2) is 36.1 Å². The van der Waals surface area contributed by atoms with Crippen LogP contribution in [0, 0.1) is 11.8 Å². The van der Waals surface area contributed by atoms with Gasteiger partial charge in [-0.25, -0.2) is 0 Å². The standard InChI is InChI=1S/C19H34N2/c1-3-9-19(10-4-1,21-11-5-2-6-12-21)15-20-18-14-16-7-8-17(18)13-16/h16-18,20H,1-15H2. The number of fused-ring (bicyclic) bond motifs is 2. The van der Waals surface area contributed by atoms with Crippen LogP contribution in [0.25, 0.3) is 0 Å². The van der Waals surface area contributed by atoms with Gasteiger partial charge < -0.3 is 5.32 Å². The Labute approximate surface area is 131 Å². The zero-order valence-corrected chi connectivity index (χ0v) is 13.8. The highest BCUT2D eigenvalue weighted by Gasteiger charge is 2.42. The lowest BCUT2D eigenvalue weighted by Gasteiger charge is -2.49. The van der Waals surface area contributed by atoms with Crippen LogP contribution in [0.3, 0.4) is 0 Å². The molecule has 21 heavy (non-hydrogen) atoms. The molecule has 2 heteroatoms. The molecule has 0 aromatic carbocycles. The van der Waals surface area contributed by atoms with Gasteiger partial charge in [0, 0.05) is 18.1 Å². The molecule has 1 N–H and O–H groups in total. The highest BCUT2D eigenvalue weighted by molar-refractivity contribution is 5.00. The first-order chi connectivity index (χ1) is 10.4. The molecule has 2 nitrogen and oxygen atoms in total. The molecule has 3 atom stereocenters. The summed E-state index contributed by atoms with van der Waals surface area (Å²) in [6.07, 6.45) is 17.7. The molecule has 0 amide bonds. The van der Waals surface area contributed by atoms with Gasteiger partial charge in [-0.1, -0.05) is 32.1 Å². The fourth-order valence-electron chi connectivity index (χ4n) is 6.00. The zero-order valence-electron chi connectivity index (χ0n) is 13.8. The van der Waals surface area contributed by atoms with E-state index in [1.165, 1.54) is 96.7 Å². The molecular formula is C19H34N2. The minimum atomic E-state index is 0.528. The Balaban J connectivity index is 1.40. The van der Waals surface area contributed by atoms with Gasteiger partial charge >= 0.3 is 0 Å². The fourth-order valence-corrected chi connectivity index (χ4v) is 6.00. The van der Waals surface area contributed by atoms with Gasteiger partial charge in [0.05, 0.1) is 0 Å². The molecule has 0 spiro atoms. The van der Waals surface area contributed by atoms with Crippen molar-refractivity contribution in [3.05, 3.63) is 0 Å². The van der Waals surface area contributed by atoms with E-state index in [2.05, 4.69) is 10.2 Å². The van der Waals surface area contributed by atoms with E-state index in [-0.39, 0.29) is 0 Å². The second-order valence-corrected chi connectivity index (χ2v) is 8.49. The minimum Gasteiger partial charge on any atom is -0.312 e. The summed E-state index contributed by atoms with van der Waals surface area (Å²) in [6.45, 7) is 4.04. The van der Waals surface area contributed by atoms with Crippen LogP contribution in [0.2, 0.25) is 0 Å². The first kappa shape index (κ1) is 14.5. The maximum absolute atomic E-state index is 4.08. The van der Waals surface area contributed by atoms with Gasteiger partial charge in [-0.2, -0.15) is 0 Å². The number of piperidine rings is 1. The Morgan fingerprint density at radius 3 is 2.29 bits per heavy atom. The van der Waals surface area contributed by atoms with Gasteiger partial charge in [0.15, 0.2) is 0 Å². The minimum absolute atomic E-state index is 0.528. The molecule has 1 heterocycles. The van der Waals surface area contributed by atoms with Gasteiger partial charge in [0.25, 0.3) is 0 Å². The molecule has 0 aromatic rings. The first-order valence-electron chi connectivity index (χ1n) is 9.84. The van der Waals surface area contributed by atoms with E-state index in [1.807, 2.05) is 0 Å². The summed E-state index contributed by atoms with van der Waals surface area (Å²) in [7, 11) is 0. The molecule has 3 aliphatic carbocycles. The molecule has 3 unspecified atom stereocenters. The molecule has 1 saturated heterocycles. The van der Waals surface area contributed by atoms with Gasteiger partial charge in [-0.3, -0.25) is 4.90 Å². The molecule has 0 radical (unpaired) electrons. The number of likely N-dealkylation sites (tertiary alicyclic amines) is 1. The Morgan fingerprint density at radius 1 is 0.857 bits per heavy atom. The molecule has 4 aliphatic rings. The maximum Gasteiger partial charge on any atom is 0.0334 e. The predicted octanol–water partition coefficient (Wildman–Crippen LogP) is 3.95. The molecular weight excluding hydrogens is 256 g/mol. The van der Waals surface area contributed by atoms with Gasteiger partial charge in [0.1, 0.15) is 0 Å². The fraction of sp³-hybridized carbons (Fsp3) is 1.00. The monoisotopic (exact) mass is 290 g/mol. The average molecular weight is 290 g/mol. The van der Waals surface area contributed by atoms with E-state index in [4.69, 9.17) is 0 Å². The molecule has 4 fully saturated rings. The summed E-state index contributed by atoms with van der Waals surface area (Å²) in [5, 5.41) is 4.08. The van der Waals surface area contributed by atoms with Gasteiger partial charge in [0.2, 0.25) is 0 Å². The van der Waals surface area contributed by atoms with Crippen LogP contribution in [-0.2, 0) is 0 Å². The third-order valence-corrected chi connectivity index (χ3v) is 7.24. The second kappa shape index (κ2) is 6.20. The van der Waals surface area contributed by atoms with E-state index < -0.39 is 0 Å². The lowest BCUT2D eigenvalue weighted by atomic mass is 9.78. The van der Waals surface area contributed by atoms with E-state index in [9.17, 15) is 0 Å². The summed E-state index contributed by atoms with van der Waals surface area (Å²) in [4.78, 5) is 2.90. The van der Waals surface area contributed by atoms with Crippen molar-refractivity contribution in [1.82, 2.24) is 10.2 Å². The van der Waals surface area contributed by atoms with Crippen molar-refractivity contribution >= 4 is 0 Å². The molecule has 120 valence electrons. The van der Waals surface area contributed by atoms with Gasteiger partial charge in [-0.05, 0) is 69.9 Å². The van der Waals surface area contributed by atoms with E-state index in [0.29, 0.717) is 5.54 Å². The van der Waals surface area contributed by atoms with Crippen LogP contribution >= 0.6 is 0 Å². The van der Waals surface area contributed by atoms with Crippen molar-refractivity contribution in [3.63, 3.8) is 0 Å². The summed E-state index contributed by atoms with van der Waals surface area (Å²) < 4.78 is 0. The number of nitrogens with one attached hydrogen (secondary N) is 1. The number of hydrogen-bond donors (Lipinski definition) is 1. The van der Waals surface area contributed by atoms with Crippen molar-refractivity contribution in [3.8, 4) is 0 Å². The average Bonchev–Trinajstić information content (AvgIpc) is 3.18. The van der Waals surface area contributed by atoms with Crippen LogP contribution in [0.1, 0.15) is 77.0 Å². The van der Waals surface area contributed by atoms with Crippen LogP contribution in [0.5, 0.6) is 0 Å². The van der Waals surface area contributed by atoms with Crippen molar-refractivity contribution in [1.29, 1.82) is 0 Å². The predicted molar refractivity (Wildman–Crippen MR) is 88.5 cm³/mol. The summed E-state index contributed by atoms with van der Waals surface area (Å²) in [5.74, 6) is 2.10. The van der Waals surface area contributed by atoms with Crippen molar-refractivity contribution in [2.75, 3.05) is 19.6 Å². The quantitative estimate of drug-likeness (QED) is 0.843. The third kappa shape index (κ3) is 2.91. The summed E-state index contributed by atoms with van der Waals surface area (Å²) >= 11 is 0. The van der Waals surface area contributed by atoms with Crippen molar-refractivity contribution < 1.29 is 0 Å². The molecule has 2 bridgehead atoms. The Kier molecular flexibility index (Phi) is 4.28. The second-order valence-electron chi connectivity index (χ2n) is 8.49. The molecule has 0 aromatic heterocycles. The summed E-state index contributed by atoms with van der Waals surface area (Å²) in [5.41, 5.74) is 0.528. The maximum atomic E-state index is 4.08. The van der Waals surface area contributed by atoms with Crippen LogP contribution in [0.4, 0.5) is 0 Å². The third-order valence-electron chi connectivity index (χ3n) is 7.24.